The third kappa shape index (κ3) is 5.45. The van der Waals surface area contributed by atoms with Gasteiger partial charge in [0.15, 0.2) is 6.61 Å². The predicted molar refractivity (Wildman–Crippen MR) is 92.7 cm³/mol. The molecule has 2 aromatic carbocycles. The molecule has 120 valence electrons. The normalized spacial score (nSPS) is 10.2. The number of hydrogen-bond donors (Lipinski definition) is 1. The maximum Gasteiger partial charge on any atom is 0.316 e. The van der Waals surface area contributed by atoms with Gasteiger partial charge in [0.25, 0.3) is 5.91 Å². The van der Waals surface area contributed by atoms with Crippen molar-refractivity contribution >= 4 is 29.3 Å². The highest BCUT2D eigenvalue weighted by Gasteiger charge is 2.10. The Balaban J connectivity index is 1.77. The van der Waals surface area contributed by atoms with Crippen LogP contribution >= 0.6 is 11.8 Å². The predicted octanol–water partition coefficient (Wildman–Crippen LogP) is 3.58. The summed E-state index contributed by atoms with van der Waals surface area (Å²) in [5.74, 6) is -0.559. The molecule has 0 radical (unpaired) electrons. The van der Waals surface area contributed by atoms with Crippen LogP contribution in [0.15, 0.2) is 53.4 Å². The lowest BCUT2D eigenvalue weighted by atomic mass is 10.1. The molecule has 0 bridgehead atoms. The number of anilines is 1. The molecule has 0 aromatic heterocycles. The third-order valence-corrected chi connectivity index (χ3v) is 4.20. The molecule has 0 saturated carbocycles. The van der Waals surface area contributed by atoms with Crippen molar-refractivity contribution in [1.82, 2.24) is 0 Å². The average Bonchev–Trinajstić information content (AvgIpc) is 2.55. The summed E-state index contributed by atoms with van der Waals surface area (Å²) in [5.41, 5.74) is 2.72. The van der Waals surface area contributed by atoms with E-state index in [0.29, 0.717) is 0 Å². The first-order valence-corrected chi connectivity index (χ1v) is 8.24. The zero-order chi connectivity index (χ0) is 16.7. The zero-order valence-corrected chi connectivity index (χ0v) is 14.0. The lowest BCUT2D eigenvalue weighted by Crippen LogP contribution is -2.22. The van der Waals surface area contributed by atoms with Gasteiger partial charge in [0, 0.05) is 10.6 Å². The Morgan fingerprint density at radius 1 is 1.00 bits per heavy atom. The molecular formula is C18H19NO3S. The van der Waals surface area contributed by atoms with Gasteiger partial charge in [-0.05, 0) is 37.1 Å². The van der Waals surface area contributed by atoms with Gasteiger partial charge in [-0.1, -0.05) is 36.4 Å². The fourth-order valence-corrected chi connectivity index (χ4v) is 2.75. The van der Waals surface area contributed by atoms with Gasteiger partial charge in [-0.2, -0.15) is 0 Å². The van der Waals surface area contributed by atoms with E-state index in [9.17, 15) is 9.59 Å². The van der Waals surface area contributed by atoms with Crippen LogP contribution in [0, 0.1) is 13.8 Å². The standard InChI is InChI=1S/C18H19NO3S/c1-13-7-6-8-14(2)18(13)19-16(20)11-22-17(21)12-23-15-9-4-3-5-10-15/h3-10H,11-12H2,1-2H3,(H,19,20). The maximum absolute atomic E-state index is 11.9. The second kappa shape index (κ2) is 8.39. The molecule has 0 unspecified atom stereocenters. The summed E-state index contributed by atoms with van der Waals surface area (Å²) in [6.07, 6.45) is 0. The third-order valence-electron chi connectivity index (χ3n) is 3.21. The van der Waals surface area contributed by atoms with Crippen LogP contribution < -0.4 is 5.32 Å². The minimum absolute atomic E-state index is 0.181. The molecule has 4 nitrogen and oxygen atoms in total. The van der Waals surface area contributed by atoms with E-state index in [1.165, 1.54) is 11.8 Å². The number of ether oxygens (including phenoxy) is 1. The number of carbonyl (C=O) groups is 2. The van der Waals surface area contributed by atoms with E-state index in [1.807, 2.05) is 62.4 Å². The number of esters is 1. The van der Waals surface area contributed by atoms with Gasteiger partial charge < -0.3 is 10.1 Å². The zero-order valence-electron chi connectivity index (χ0n) is 13.2. The number of hydrogen-bond acceptors (Lipinski definition) is 4. The molecule has 23 heavy (non-hydrogen) atoms. The minimum Gasteiger partial charge on any atom is -0.455 e. The molecule has 2 aromatic rings. The molecule has 0 atom stereocenters. The van der Waals surface area contributed by atoms with Crippen molar-refractivity contribution in [2.75, 3.05) is 17.7 Å². The summed E-state index contributed by atoms with van der Waals surface area (Å²) < 4.78 is 5.01. The molecular weight excluding hydrogens is 310 g/mol. The number of aryl methyl sites for hydroxylation is 2. The lowest BCUT2D eigenvalue weighted by molar-refractivity contribution is -0.144. The highest BCUT2D eigenvalue weighted by molar-refractivity contribution is 8.00. The van der Waals surface area contributed by atoms with Gasteiger partial charge in [0.05, 0.1) is 5.75 Å². The van der Waals surface area contributed by atoms with E-state index < -0.39 is 5.97 Å². The molecule has 0 aliphatic rings. The number of benzene rings is 2. The number of amides is 1. The summed E-state index contributed by atoms with van der Waals surface area (Å²) in [4.78, 5) is 24.6. The van der Waals surface area contributed by atoms with Gasteiger partial charge in [0.1, 0.15) is 0 Å². The molecule has 0 saturated heterocycles. The average molecular weight is 329 g/mol. The number of carbonyl (C=O) groups excluding carboxylic acids is 2. The topological polar surface area (TPSA) is 55.4 Å². The van der Waals surface area contributed by atoms with Crippen molar-refractivity contribution in [2.24, 2.45) is 0 Å². The summed E-state index contributed by atoms with van der Waals surface area (Å²) in [7, 11) is 0. The Hall–Kier alpha value is -2.27. The van der Waals surface area contributed by atoms with Gasteiger partial charge in [-0.25, -0.2) is 0 Å². The van der Waals surface area contributed by atoms with E-state index >= 15 is 0 Å². The monoisotopic (exact) mass is 329 g/mol. The largest absolute Gasteiger partial charge is 0.455 e. The van der Waals surface area contributed by atoms with Gasteiger partial charge in [0.2, 0.25) is 0 Å². The lowest BCUT2D eigenvalue weighted by Gasteiger charge is -2.11. The summed E-state index contributed by atoms with van der Waals surface area (Å²) in [5, 5.41) is 2.78. The molecule has 2 rings (SSSR count). The molecule has 0 fully saturated rings. The van der Waals surface area contributed by atoms with Crippen LogP contribution in [-0.2, 0) is 14.3 Å². The Morgan fingerprint density at radius 2 is 1.65 bits per heavy atom. The van der Waals surface area contributed by atoms with Crippen molar-refractivity contribution in [2.45, 2.75) is 18.7 Å². The van der Waals surface area contributed by atoms with Crippen LogP contribution in [0.2, 0.25) is 0 Å². The number of thioether (sulfide) groups is 1. The number of para-hydroxylation sites is 1. The van der Waals surface area contributed by atoms with Gasteiger partial charge >= 0.3 is 5.97 Å². The van der Waals surface area contributed by atoms with Crippen LogP contribution in [0.4, 0.5) is 5.69 Å². The summed E-state index contributed by atoms with van der Waals surface area (Å²) >= 11 is 1.38. The van der Waals surface area contributed by atoms with Crippen LogP contribution in [-0.4, -0.2) is 24.2 Å². The fraction of sp³-hybridized carbons (Fsp3) is 0.222. The Bertz CT molecular complexity index is 666. The summed E-state index contributed by atoms with van der Waals surface area (Å²) in [6, 6.07) is 15.4. The van der Waals surface area contributed by atoms with Gasteiger partial charge in [-0.15, -0.1) is 11.8 Å². The van der Waals surface area contributed by atoms with Crippen molar-refractivity contribution in [1.29, 1.82) is 0 Å². The SMILES string of the molecule is Cc1cccc(C)c1NC(=O)COC(=O)CSc1ccccc1. The van der Waals surface area contributed by atoms with Gasteiger partial charge in [-0.3, -0.25) is 9.59 Å². The molecule has 0 spiro atoms. The second-order valence-electron chi connectivity index (χ2n) is 5.08. The minimum atomic E-state index is -0.407. The smallest absolute Gasteiger partial charge is 0.316 e. The van der Waals surface area contributed by atoms with Crippen molar-refractivity contribution < 1.29 is 14.3 Å². The van der Waals surface area contributed by atoms with Crippen molar-refractivity contribution in [3.8, 4) is 0 Å². The Labute approximate surface area is 140 Å². The van der Waals surface area contributed by atoms with Crippen LogP contribution in [0.1, 0.15) is 11.1 Å². The highest BCUT2D eigenvalue weighted by Crippen LogP contribution is 2.19. The van der Waals surface area contributed by atoms with Crippen molar-refractivity contribution in [3.63, 3.8) is 0 Å². The Kier molecular flexibility index (Phi) is 6.23. The first kappa shape index (κ1) is 17.1. The fourth-order valence-electron chi connectivity index (χ4n) is 2.03. The van der Waals surface area contributed by atoms with E-state index in [1.54, 1.807) is 0 Å². The van der Waals surface area contributed by atoms with E-state index in [0.717, 1.165) is 21.7 Å². The number of rotatable bonds is 6. The van der Waals surface area contributed by atoms with Crippen LogP contribution in [0.5, 0.6) is 0 Å². The maximum atomic E-state index is 11.9. The Morgan fingerprint density at radius 3 is 2.30 bits per heavy atom. The van der Waals surface area contributed by atoms with E-state index in [2.05, 4.69) is 5.32 Å². The second-order valence-corrected chi connectivity index (χ2v) is 6.13. The van der Waals surface area contributed by atoms with Crippen LogP contribution in [0.25, 0.3) is 0 Å². The number of nitrogens with one attached hydrogen (secondary N) is 1. The molecule has 0 heterocycles. The first-order chi connectivity index (χ1) is 11.1. The molecule has 0 aliphatic carbocycles. The summed E-state index contributed by atoms with van der Waals surface area (Å²) in [6.45, 7) is 3.57. The quantitative estimate of drug-likeness (QED) is 0.650. The van der Waals surface area contributed by atoms with E-state index in [-0.39, 0.29) is 18.3 Å². The highest BCUT2D eigenvalue weighted by atomic mass is 32.2. The van der Waals surface area contributed by atoms with E-state index in [4.69, 9.17) is 4.74 Å². The molecule has 1 N–H and O–H groups in total. The molecule has 1 amide bonds. The molecule has 5 heteroatoms. The first-order valence-electron chi connectivity index (χ1n) is 7.26. The molecule has 0 aliphatic heterocycles. The van der Waals surface area contributed by atoms with Crippen molar-refractivity contribution in [3.05, 3.63) is 59.7 Å². The van der Waals surface area contributed by atoms with Crippen LogP contribution in [0.3, 0.4) is 0 Å².